The molecule has 6 bridgehead atoms. The highest BCUT2D eigenvalue weighted by Gasteiger charge is 2.53. The highest BCUT2D eigenvalue weighted by molar-refractivity contribution is 5.07. The van der Waals surface area contributed by atoms with Gasteiger partial charge in [-0.1, -0.05) is 0 Å². The van der Waals surface area contributed by atoms with E-state index >= 15 is 0 Å². The molecule has 24 heavy (non-hydrogen) atoms. The van der Waals surface area contributed by atoms with E-state index in [0.717, 1.165) is 47.8 Å². The maximum atomic E-state index is 3.89. The first kappa shape index (κ1) is 15.0. The van der Waals surface area contributed by atoms with E-state index in [-0.39, 0.29) is 0 Å². The predicted molar refractivity (Wildman–Crippen MR) is 96.9 cm³/mol. The maximum Gasteiger partial charge on any atom is 0.0255 e. The molecule has 0 spiro atoms. The van der Waals surface area contributed by atoms with Crippen LogP contribution in [0.1, 0.15) is 57.8 Å². The van der Waals surface area contributed by atoms with Crippen molar-refractivity contribution in [1.29, 1.82) is 0 Å². The fourth-order valence-corrected chi connectivity index (χ4v) is 8.03. The second-order valence-corrected chi connectivity index (χ2v) is 10.1. The van der Waals surface area contributed by atoms with Gasteiger partial charge in [0.15, 0.2) is 0 Å². The molecule has 3 nitrogen and oxygen atoms in total. The molecule has 2 saturated carbocycles. The average molecular weight is 330 g/mol. The molecular formula is C21H35N3. The molecule has 0 aromatic heterocycles. The van der Waals surface area contributed by atoms with Gasteiger partial charge in [-0.15, -0.1) is 0 Å². The van der Waals surface area contributed by atoms with E-state index in [1.54, 1.807) is 0 Å². The summed E-state index contributed by atoms with van der Waals surface area (Å²) >= 11 is 0. The van der Waals surface area contributed by atoms with Crippen molar-refractivity contribution in [3.8, 4) is 0 Å². The van der Waals surface area contributed by atoms with Crippen molar-refractivity contribution >= 4 is 0 Å². The number of likely N-dealkylation sites (tertiary alicyclic amines) is 1. The van der Waals surface area contributed by atoms with Crippen molar-refractivity contribution in [3.05, 3.63) is 0 Å². The molecule has 9 atom stereocenters. The first-order valence-corrected chi connectivity index (χ1v) is 11.1. The lowest BCUT2D eigenvalue weighted by Gasteiger charge is -2.54. The van der Waals surface area contributed by atoms with Crippen molar-refractivity contribution in [2.75, 3.05) is 26.2 Å². The molecule has 9 unspecified atom stereocenters. The molecule has 3 heteroatoms. The second-order valence-electron chi connectivity index (χ2n) is 10.1. The first-order chi connectivity index (χ1) is 11.9. The van der Waals surface area contributed by atoms with Crippen molar-refractivity contribution in [2.24, 2.45) is 23.7 Å². The van der Waals surface area contributed by atoms with Crippen LogP contribution >= 0.6 is 0 Å². The second kappa shape index (κ2) is 5.69. The van der Waals surface area contributed by atoms with Crippen LogP contribution in [-0.4, -0.2) is 60.1 Å². The van der Waals surface area contributed by atoms with Gasteiger partial charge < -0.3 is 5.32 Å². The standard InChI is InChI=1S/C21H35N3/c1-4-17-20(11-15(1)12-22-17)24-10-8-16-3-6-19(24)21(16)18-5-2-14-7-9-23(18)13-14/h14-22H,1-13H2. The average Bonchev–Trinajstić information content (AvgIpc) is 3.15. The smallest absolute Gasteiger partial charge is 0.0255 e. The van der Waals surface area contributed by atoms with Crippen molar-refractivity contribution in [3.63, 3.8) is 0 Å². The largest absolute Gasteiger partial charge is 0.312 e. The molecule has 7 rings (SSSR count). The van der Waals surface area contributed by atoms with Gasteiger partial charge in [-0.3, -0.25) is 9.80 Å². The molecule has 7 fully saturated rings. The lowest BCUT2D eigenvalue weighted by atomic mass is 9.73. The normalized spacial score (nSPS) is 56.8. The Balaban J connectivity index is 1.25. The fourth-order valence-electron chi connectivity index (χ4n) is 8.03. The van der Waals surface area contributed by atoms with Crippen LogP contribution in [0.2, 0.25) is 0 Å². The number of piperidine rings is 4. The zero-order valence-corrected chi connectivity index (χ0v) is 15.2. The van der Waals surface area contributed by atoms with E-state index in [1.807, 2.05) is 0 Å². The SMILES string of the molecule is C1CC2NCC1CC2N1CCC2CCC1C2C1CCC2CCN1C2. The summed E-state index contributed by atoms with van der Waals surface area (Å²) in [5.41, 5.74) is 0. The zero-order chi connectivity index (χ0) is 15.7. The van der Waals surface area contributed by atoms with Crippen molar-refractivity contribution in [1.82, 2.24) is 15.1 Å². The molecule has 0 amide bonds. The van der Waals surface area contributed by atoms with Crippen molar-refractivity contribution in [2.45, 2.75) is 82.0 Å². The van der Waals surface area contributed by atoms with Crippen LogP contribution in [0, 0.1) is 23.7 Å². The Morgan fingerprint density at radius 2 is 1.62 bits per heavy atom. The van der Waals surface area contributed by atoms with Crippen LogP contribution in [0.3, 0.4) is 0 Å². The first-order valence-electron chi connectivity index (χ1n) is 11.1. The van der Waals surface area contributed by atoms with Gasteiger partial charge in [0.05, 0.1) is 0 Å². The number of nitrogens with zero attached hydrogens (tertiary/aromatic N) is 2. The summed E-state index contributed by atoms with van der Waals surface area (Å²) in [6, 6.07) is 3.56. The zero-order valence-electron chi connectivity index (χ0n) is 15.2. The van der Waals surface area contributed by atoms with E-state index in [4.69, 9.17) is 0 Å². The van der Waals surface area contributed by atoms with Gasteiger partial charge in [0, 0.05) is 30.7 Å². The minimum absolute atomic E-state index is 0.815. The monoisotopic (exact) mass is 329 g/mol. The van der Waals surface area contributed by atoms with Gasteiger partial charge >= 0.3 is 0 Å². The van der Waals surface area contributed by atoms with Crippen LogP contribution < -0.4 is 5.32 Å². The Labute approximate surface area is 147 Å². The molecule has 5 saturated heterocycles. The summed E-state index contributed by atoms with van der Waals surface area (Å²) in [5.74, 6) is 4.10. The van der Waals surface area contributed by atoms with E-state index in [9.17, 15) is 0 Å². The Morgan fingerprint density at radius 1 is 0.708 bits per heavy atom. The molecular weight excluding hydrogens is 294 g/mol. The minimum Gasteiger partial charge on any atom is -0.312 e. The van der Waals surface area contributed by atoms with Crippen LogP contribution in [0.4, 0.5) is 0 Å². The van der Waals surface area contributed by atoms with E-state index < -0.39 is 0 Å². The number of nitrogens with one attached hydrogen (secondary N) is 1. The molecule has 5 heterocycles. The number of hydrogen-bond acceptors (Lipinski definition) is 3. The fraction of sp³-hybridized carbons (Fsp3) is 1.00. The summed E-state index contributed by atoms with van der Waals surface area (Å²) in [7, 11) is 0. The Morgan fingerprint density at radius 3 is 2.46 bits per heavy atom. The van der Waals surface area contributed by atoms with Gasteiger partial charge in [-0.05, 0) is 101 Å². The molecule has 1 N–H and O–H groups in total. The maximum absolute atomic E-state index is 3.89. The lowest BCUT2D eigenvalue weighted by Crippen LogP contribution is -2.64. The minimum atomic E-state index is 0.815. The van der Waals surface area contributed by atoms with E-state index in [0.29, 0.717) is 0 Å². The van der Waals surface area contributed by atoms with Gasteiger partial charge in [0.1, 0.15) is 0 Å². The van der Waals surface area contributed by atoms with Gasteiger partial charge in [0.2, 0.25) is 0 Å². The van der Waals surface area contributed by atoms with E-state index in [1.165, 1.54) is 84.0 Å². The van der Waals surface area contributed by atoms with Crippen LogP contribution in [0.25, 0.3) is 0 Å². The summed E-state index contributed by atoms with van der Waals surface area (Å²) in [4.78, 5) is 5.98. The number of hydrogen-bond donors (Lipinski definition) is 1. The summed E-state index contributed by atoms with van der Waals surface area (Å²) in [6.45, 7) is 5.58. The Kier molecular flexibility index (Phi) is 3.55. The Bertz CT molecular complexity index is 485. The van der Waals surface area contributed by atoms with Crippen LogP contribution in [0.5, 0.6) is 0 Å². The third-order valence-electron chi connectivity index (χ3n) is 9.13. The predicted octanol–water partition coefficient (Wildman–Crippen LogP) is 2.71. The third-order valence-corrected chi connectivity index (χ3v) is 9.13. The molecule has 0 aromatic rings. The van der Waals surface area contributed by atoms with Gasteiger partial charge in [-0.2, -0.15) is 0 Å². The Hall–Kier alpha value is -0.120. The quantitative estimate of drug-likeness (QED) is 0.840. The van der Waals surface area contributed by atoms with Crippen LogP contribution in [0.15, 0.2) is 0 Å². The molecule has 0 radical (unpaired) electrons. The highest BCUT2D eigenvalue weighted by Crippen LogP contribution is 2.50. The molecule has 134 valence electrons. The molecule has 2 aliphatic carbocycles. The summed E-state index contributed by atoms with van der Waals surface area (Å²) in [6.07, 6.45) is 13.5. The van der Waals surface area contributed by atoms with Gasteiger partial charge in [-0.25, -0.2) is 0 Å². The van der Waals surface area contributed by atoms with E-state index in [2.05, 4.69) is 15.1 Å². The molecule has 7 aliphatic rings. The van der Waals surface area contributed by atoms with Crippen molar-refractivity contribution < 1.29 is 0 Å². The number of rotatable bonds is 2. The topological polar surface area (TPSA) is 18.5 Å². The molecule has 5 aliphatic heterocycles. The van der Waals surface area contributed by atoms with Gasteiger partial charge in [0.25, 0.3) is 0 Å². The third kappa shape index (κ3) is 2.20. The number of fused-ring (bicyclic) bond motifs is 7. The lowest BCUT2D eigenvalue weighted by molar-refractivity contribution is -0.0346. The molecule has 0 aromatic carbocycles. The summed E-state index contributed by atoms with van der Waals surface area (Å²) in [5, 5.41) is 3.89. The summed E-state index contributed by atoms with van der Waals surface area (Å²) < 4.78 is 0. The highest BCUT2D eigenvalue weighted by atomic mass is 15.3. The van der Waals surface area contributed by atoms with Crippen LogP contribution in [-0.2, 0) is 0 Å².